The third kappa shape index (κ3) is 3.03. The maximum atomic E-state index is 11.8. The van der Waals surface area contributed by atoms with Gasteiger partial charge in [-0.1, -0.05) is 6.07 Å². The van der Waals surface area contributed by atoms with Crippen LogP contribution < -0.4 is 10.9 Å². The molecule has 3 aromatic rings. The highest BCUT2D eigenvalue weighted by molar-refractivity contribution is 7.13. The molecule has 106 valence electrons. The number of nitrogens with one attached hydrogen (secondary N) is 2. The van der Waals surface area contributed by atoms with Crippen LogP contribution in [0.25, 0.3) is 10.6 Å². The molecule has 3 rings (SSSR count). The van der Waals surface area contributed by atoms with Gasteiger partial charge in [0, 0.05) is 6.07 Å². The molecular weight excluding hydrogens is 292 g/mol. The second kappa shape index (κ2) is 5.67. The topological polar surface area (TPSA) is 106 Å². The fourth-order valence-corrected chi connectivity index (χ4v) is 2.38. The summed E-state index contributed by atoms with van der Waals surface area (Å²) in [5, 5.41) is 14.7. The van der Waals surface area contributed by atoms with Gasteiger partial charge in [0.2, 0.25) is 11.9 Å². The zero-order valence-electron chi connectivity index (χ0n) is 10.7. The molecule has 0 radical (unpaired) electrons. The van der Waals surface area contributed by atoms with E-state index in [4.69, 9.17) is 0 Å². The van der Waals surface area contributed by atoms with Gasteiger partial charge in [0.25, 0.3) is 5.56 Å². The monoisotopic (exact) mass is 302 g/mol. The largest absolute Gasteiger partial charge is 0.293 e. The lowest BCUT2D eigenvalue weighted by molar-refractivity contribution is -0.117. The van der Waals surface area contributed by atoms with Crippen LogP contribution in [0.1, 0.15) is 0 Å². The summed E-state index contributed by atoms with van der Waals surface area (Å²) in [7, 11) is 0. The van der Waals surface area contributed by atoms with Crippen molar-refractivity contribution in [2.45, 2.75) is 6.54 Å². The Morgan fingerprint density at radius 1 is 1.38 bits per heavy atom. The number of thiophene rings is 1. The molecule has 0 spiro atoms. The molecule has 0 atom stereocenters. The Labute approximate surface area is 122 Å². The number of carbonyl (C=O) groups excluding carboxylic acids is 1. The number of aromatic nitrogens is 5. The number of carbonyl (C=O) groups is 1. The molecule has 0 aliphatic carbocycles. The first-order valence-electron chi connectivity index (χ1n) is 5.99. The van der Waals surface area contributed by atoms with Crippen LogP contribution in [0, 0.1) is 0 Å². The zero-order chi connectivity index (χ0) is 14.7. The van der Waals surface area contributed by atoms with E-state index in [1.54, 1.807) is 6.07 Å². The van der Waals surface area contributed by atoms with Gasteiger partial charge in [0.05, 0.1) is 4.88 Å². The molecule has 21 heavy (non-hydrogen) atoms. The van der Waals surface area contributed by atoms with Gasteiger partial charge in [-0.15, -0.1) is 11.3 Å². The average molecular weight is 302 g/mol. The van der Waals surface area contributed by atoms with E-state index in [-0.39, 0.29) is 18.1 Å². The van der Waals surface area contributed by atoms with E-state index in [9.17, 15) is 9.59 Å². The minimum Gasteiger partial charge on any atom is -0.293 e. The first-order chi connectivity index (χ1) is 10.2. The number of hydrogen-bond donors (Lipinski definition) is 2. The quantitative estimate of drug-likeness (QED) is 0.739. The molecule has 0 aliphatic heterocycles. The van der Waals surface area contributed by atoms with E-state index < -0.39 is 5.91 Å². The number of hydrogen-bond acceptors (Lipinski definition) is 6. The summed E-state index contributed by atoms with van der Waals surface area (Å²) < 4.78 is 1.11. The lowest BCUT2D eigenvalue weighted by atomic mass is 10.3. The average Bonchev–Trinajstić information content (AvgIpc) is 3.14. The molecule has 3 heterocycles. The van der Waals surface area contributed by atoms with E-state index in [0.29, 0.717) is 5.69 Å². The SMILES string of the molecule is O=C(Cn1nc(-c2cccs2)ccc1=O)Nc1ncn[nH]1. The summed E-state index contributed by atoms with van der Waals surface area (Å²) in [6, 6.07) is 6.83. The van der Waals surface area contributed by atoms with Crippen LogP contribution >= 0.6 is 11.3 Å². The molecule has 9 heteroatoms. The predicted molar refractivity (Wildman–Crippen MR) is 76.8 cm³/mol. The van der Waals surface area contributed by atoms with Crippen molar-refractivity contribution in [1.82, 2.24) is 25.0 Å². The summed E-state index contributed by atoms with van der Waals surface area (Å²) in [5.74, 6) is -0.188. The maximum absolute atomic E-state index is 11.8. The fraction of sp³-hybridized carbons (Fsp3) is 0.0833. The first-order valence-corrected chi connectivity index (χ1v) is 6.87. The van der Waals surface area contributed by atoms with Gasteiger partial charge in [-0.25, -0.2) is 9.78 Å². The van der Waals surface area contributed by atoms with Crippen LogP contribution in [-0.2, 0) is 11.3 Å². The van der Waals surface area contributed by atoms with Crippen molar-refractivity contribution in [3.05, 3.63) is 46.3 Å². The summed E-state index contributed by atoms with van der Waals surface area (Å²) in [4.78, 5) is 28.3. The summed E-state index contributed by atoms with van der Waals surface area (Å²) in [5.41, 5.74) is 0.306. The molecular formula is C12H10N6O2S. The number of anilines is 1. The second-order valence-corrected chi connectivity index (χ2v) is 5.02. The summed E-state index contributed by atoms with van der Waals surface area (Å²) in [6.07, 6.45) is 1.28. The predicted octanol–water partition coefficient (Wildman–Crippen LogP) is 0.729. The lowest BCUT2D eigenvalue weighted by Crippen LogP contribution is -2.29. The third-order valence-electron chi connectivity index (χ3n) is 2.61. The zero-order valence-corrected chi connectivity index (χ0v) is 11.5. The molecule has 0 unspecified atom stereocenters. The Kier molecular flexibility index (Phi) is 3.56. The van der Waals surface area contributed by atoms with Crippen molar-refractivity contribution >= 4 is 23.2 Å². The van der Waals surface area contributed by atoms with E-state index in [2.05, 4.69) is 25.6 Å². The van der Waals surface area contributed by atoms with E-state index in [1.165, 1.54) is 23.7 Å². The van der Waals surface area contributed by atoms with Crippen LogP contribution in [0.5, 0.6) is 0 Å². The molecule has 0 bridgehead atoms. The Bertz CT molecular complexity index is 794. The van der Waals surface area contributed by atoms with Gasteiger partial charge >= 0.3 is 0 Å². The molecule has 1 amide bonds. The molecule has 0 aromatic carbocycles. The van der Waals surface area contributed by atoms with Gasteiger partial charge in [0.1, 0.15) is 18.6 Å². The van der Waals surface area contributed by atoms with E-state index in [1.807, 2.05) is 17.5 Å². The normalized spacial score (nSPS) is 10.5. The highest BCUT2D eigenvalue weighted by Gasteiger charge is 2.09. The highest BCUT2D eigenvalue weighted by Crippen LogP contribution is 2.20. The molecule has 2 N–H and O–H groups in total. The van der Waals surface area contributed by atoms with Crippen LogP contribution in [0.3, 0.4) is 0 Å². The second-order valence-electron chi connectivity index (χ2n) is 4.07. The number of rotatable bonds is 4. The Morgan fingerprint density at radius 3 is 3.00 bits per heavy atom. The van der Waals surface area contributed by atoms with Crippen LogP contribution in [-0.4, -0.2) is 30.9 Å². The first kappa shape index (κ1) is 13.2. The van der Waals surface area contributed by atoms with Crippen molar-refractivity contribution in [1.29, 1.82) is 0 Å². The smallest absolute Gasteiger partial charge is 0.267 e. The molecule has 3 aromatic heterocycles. The molecule has 0 saturated heterocycles. The van der Waals surface area contributed by atoms with Crippen molar-refractivity contribution < 1.29 is 4.79 Å². The molecule has 0 fully saturated rings. The Hall–Kier alpha value is -2.81. The van der Waals surface area contributed by atoms with E-state index in [0.717, 1.165) is 9.56 Å². The van der Waals surface area contributed by atoms with Crippen molar-refractivity contribution in [3.8, 4) is 10.6 Å². The summed E-state index contributed by atoms with van der Waals surface area (Å²) >= 11 is 1.51. The molecule has 8 nitrogen and oxygen atoms in total. The Balaban J connectivity index is 1.80. The minimum absolute atomic E-state index is 0.196. The van der Waals surface area contributed by atoms with Crippen molar-refractivity contribution in [3.63, 3.8) is 0 Å². The standard InChI is InChI=1S/C12H10N6O2S/c19-10(15-12-13-7-14-16-12)6-18-11(20)4-3-8(17-18)9-2-1-5-21-9/h1-5,7H,6H2,(H2,13,14,15,16,19). The molecule has 0 saturated carbocycles. The fourth-order valence-electron chi connectivity index (χ4n) is 1.69. The minimum atomic E-state index is -0.412. The number of H-pyrrole nitrogens is 1. The number of nitrogens with zero attached hydrogens (tertiary/aromatic N) is 4. The van der Waals surface area contributed by atoms with Crippen molar-refractivity contribution in [2.75, 3.05) is 5.32 Å². The van der Waals surface area contributed by atoms with Crippen LogP contribution in [0.2, 0.25) is 0 Å². The number of amides is 1. The van der Waals surface area contributed by atoms with Crippen molar-refractivity contribution in [2.24, 2.45) is 0 Å². The van der Waals surface area contributed by atoms with Gasteiger partial charge in [-0.2, -0.15) is 15.2 Å². The van der Waals surface area contributed by atoms with Gasteiger partial charge in [-0.05, 0) is 17.5 Å². The third-order valence-corrected chi connectivity index (χ3v) is 3.50. The lowest BCUT2D eigenvalue weighted by Gasteiger charge is -2.05. The summed E-state index contributed by atoms with van der Waals surface area (Å²) in [6.45, 7) is -0.196. The highest BCUT2D eigenvalue weighted by atomic mass is 32.1. The van der Waals surface area contributed by atoms with E-state index >= 15 is 0 Å². The van der Waals surface area contributed by atoms with Gasteiger partial charge in [-0.3, -0.25) is 14.9 Å². The van der Waals surface area contributed by atoms with Gasteiger partial charge in [0.15, 0.2) is 0 Å². The number of aromatic amines is 1. The molecule has 0 aliphatic rings. The van der Waals surface area contributed by atoms with Gasteiger partial charge < -0.3 is 0 Å². The maximum Gasteiger partial charge on any atom is 0.267 e. The van der Waals surface area contributed by atoms with Crippen LogP contribution in [0.4, 0.5) is 5.95 Å². The Morgan fingerprint density at radius 2 is 2.29 bits per heavy atom. The van der Waals surface area contributed by atoms with Crippen LogP contribution in [0.15, 0.2) is 40.8 Å².